The lowest BCUT2D eigenvalue weighted by atomic mass is 10.2. The Kier molecular flexibility index (Phi) is 4.73. The normalized spacial score (nSPS) is 11.4. The first-order chi connectivity index (χ1) is 12.3. The van der Waals surface area contributed by atoms with Crippen molar-refractivity contribution < 1.29 is 17.6 Å². The van der Waals surface area contributed by atoms with Crippen LogP contribution in [0.15, 0.2) is 62.9 Å². The maximum absolute atomic E-state index is 13.1. The second kappa shape index (κ2) is 6.84. The summed E-state index contributed by atoms with van der Waals surface area (Å²) in [5.41, 5.74) is 1.62. The average Bonchev–Trinajstić information content (AvgIpc) is 3.09. The number of oxazole rings is 1. The Labute approximate surface area is 153 Å². The van der Waals surface area contributed by atoms with E-state index in [1.54, 1.807) is 74.6 Å². The fraction of sp³-hybridized carbons (Fsp3) is 0.211. The monoisotopic (exact) mass is 372 g/mol. The maximum atomic E-state index is 13.1. The van der Waals surface area contributed by atoms with E-state index in [-0.39, 0.29) is 21.7 Å². The van der Waals surface area contributed by atoms with Crippen molar-refractivity contribution >= 4 is 15.7 Å². The molecule has 26 heavy (non-hydrogen) atoms. The Morgan fingerprint density at radius 1 is 1.08 bits per heavy atom. The molecule has 1 heterocycles. The molecule has 0 aliphatic heterocycles. The van der Waals surface area contributed by atoms with Crippen LogP contribution in [-0.2, 0) is 9.84 Å². The molecule has 0 saturated heterocycles. The minimum absolute atomic E-state index is 0.107. The van der Waals surface area contributed by atoms with E-state index in [1.165, 1.54) is 0 Å². The van der Waals surface area contributed by atoms with E-state index < -0.39 is 9.84 Å². The van der Waals surface area contributed by atoms with Crippen LogP contribution in [-0.4, -0.2) is 34.6 Å². The van der Waals surface area contributed by atoms with Gasteiger partial charge in [-0.3, -0.25) is 0 Å². The highest BCUT2D eigenvalue weighted by Gasteiger charge is 2.29. The van der Waals surface area contributed by atoms with Crippen LogP contribution in [0.5, 0.6) is 5.75 Å². The largest absolute Gasteiger partial charge is 0.497 e. The van der Waals surface area contributed by atoms with Crippen LogP contribution in [0.4, 0.5) is 5.88 Å². The van der Waals surface area contributed by atoms with Gasteiger partial charge < -0.3 is 14.1 Å². The molecule has 0 atom stereocenters. The molecule has 0 bridgehead atoms. The van der Waals surface area contributed by atoms with Crippen molar-refractivity contribution in [1.82, 2.24) is 4.98 Å². The lowest BCUT2D eigenvalue weighted by molar-refractivity contribution is 0.414. The Hall–Kier alpha value is -2.80. The molecule has 0 amide bonds. The summed E-state index contributed by atoms with van der Waals surface area (Å²) in [5.74, 6) is 1.04. The quantitative estimate of drug-likeness (QED) is 0.682. The van der Waals surface area contributed by atoms with Gasteiger partial charge in [-0.25, -0.2) is 8.42 Å². The molecule has 1 aromatic heterocycles. The zero-order valence-electron chi connectivity index (χ0n) is 15.1. The smallest absolute Gasteiger partial charge is 0.235 e. The lowest BCUT2D eigenvalue weighted by Crippen LogP contribution is -2.13. The molecule has 0 aliphatic carbocycles. The summed E-state index contributed by atoms with van der Waals surface area (Å²) in [4.78, 5) is 6.07. The van der Waals surface area contributed by atoms with Crippen molar-refractivity contribution in [3.8, 4) is 17.2 Å². The Morgan fingerprint density at radius 2 is 1.77 bits per heavy atom. The van der Waals surface area contributed by atoms with Gasteiger partial charge in [0, 0.05) is 19.7 Å². The van der Waals surface area contributed by atoms with Gasteiger partial charge in [0.25, 0.3) is 0 Å². The first-order valence-electron chi connectivity index (χ1n) is 7.97. The fourth-order valence-corrected chi connectivity index (χ4v) is 3.84. The zero-order valence-corrected chi connectivity index (χ0v) is 15.9. The lowest BCUT2D eigenvalue weighted by Gasteiger charge is -2.10. The number of hydrogen-bond donors (Lipinski definition) is 0. The second-order valence-electron chi connectivity index (χ2n) is 6.07. The Morgan fingerprint density at radius 3 is 2.38 bits per heavy atom. The molecule has 0 radical (unpaired) electrons. The van der Waals surface area contributed by atoms with Crippen LogP contribution >= 0.6 is 0 Å². The third kappa shape index (κ3) is 3.30. The number of aryl methyl sites for hydroxylation is 1. The fourth-order valence-electron chi connectivity index (χ4n) is 2.46. The second-order valence-corrected chi connectivity index (χ2v) is 7.94. The number of sulfone groups is 1. The van der Waals surface area contributed by atoms with Crippen LogP contribution in [0.25, 0.3) is 11.5 Å². The Bertz CT molecular complexity index is 1020. The van der Waals surface area contributed by atoms with Gasteiger partial charge in [-0.1, -0.05) is 23.8 Å². The molecule has 0 saturated carbocycles. The van der Waals surface area contributed by atoms with E-state index >= 15 is 0 Å². The molecule has 7 heteroatoms. The zero-order chi connectivity index (χ0) is 18.9. The molecule has 0 N–H and O–H groups in total. The van der Waals surface area contributed by atoms with E-state index in [0.29, 0.717) is 11.3 Å². The molecule has 0 spiro atoms. The van der Waals surface area contributed by atoms with Gasteiger partial charge in [-0.15, -0.1) is 0 Å². The summed E-state index contributed by atoms with van der Waals surface area (Å²) < 4.78 is 37.1. The molecule has 136 valence electrons. The number of ether oxygens (including phenoxy) is 1. The third-order valence-corrected chi connectivity index (χ3v) is 5.56. The molecule has 3 rings (SSSR count). The summed E-state index contributed by atoms with van der Waals surface area (Å²) in [6, 6.07) is 13.8. The van der Waals surface area contributed by atoms with Gasteiger partial charge in [0.2, 0.25) is 26.6 Å². The van der Waals surface area contributed by atoms with Crippen molar-refractivity contribution in [2.24, 2.45) is 0 Å². The summed E-state index contributed by atoms with van der Waals surface area (Å²) in [6.45, 7) is 1.90. The maximum Gasteiger partial charge on any atom is 0.235 e. The minimum atomic E-state index is -3.81. The highest BCUT2D eigenvalue weighted by molar-refractivity contribution is 7.91. The molecular weight excluding hydrogens is 352 g/mol. The summed E-state index contributed by atoms with van der Waals surface area (Å²) in [6.07, 6.45) is 0. The van der Waals surface area contributed by atoms with Crippen molar-refractivity contribution in [1.29, 1.82) is 0 Å². The third-order valence-electron chi connectivity index (χ3n) is 3.89. The van der Waals surface area contributed by atoms with Crippen LogP contribution in [0, 0.1) is 6.92 Å². The number of methoxy groups -OCH3 is 1. The van der Waals surface area contributed by atoms with Gasteiger partial charge in [0.15, 0.2) is 0 Å². The molecule has 0 aliphatic rings. The standard InChI is InChI=1S/C19H20N2O4S/c1-13-8-10-16(11-9-13)26(22,23)18-19(21(2)3)25-17(20-18)14-6-5-7-15(12-14)24-4/h5-12H,1-4H3. The first-order valence-corrected chi connectivity index (χ1v) is 9.45. The molecule has 2 aromatic carbocycles. The van der Waals surface area contributed by atoms with E-state index in [1.807, 2.05) is 6.92 Å². The van der Waals surface area contributed by atoms with Gasteiger partial charge in [0.1, 0.15) is 5.75 Å². The molecule has 0 fully saturated rings. The number of nitrogens with zero attached hydrogens (tertiary/aromatic N) is 2. The van der Waals surface area contributed by atoms with Gasteiger partial charge >= 0.3 is 0 Å². The number of hydrogen-bond acceptors (Lipinski definition) is 6. The highest BCUT2D eigenvalue weighted by atomic mass is 32.2. The number of rotatable bonds is 5. The van der Waals surface area contributed by atoms with Crippen molar-refractivity contribution in [2.75, 3.05) is 26.1 Å². The summed E-state index contributed by atoms with van der Waals surface area (Å²) >= 11 is 0. The predicted molar refractivity (Wildman–Crippen MR) is 99.4 cm³/mol. The summed E-state index contributed by atoms with van der Waals surface area (Å²) in [7, 11) is 1.18. The van der Waals surface area contributed by atoms with Gasteiger partial charge in [0.05, 0.1) is 12.0 Å². The van der Waals surface area contributed by atoms with Crippen LogP contribution in [0.1, 0.15) is 5.56 Å². The average molecular weight is 372 g/mol. The molecule has 6 nitrogen and oxygen atoms in total. The van der Waals surface area contributed by atoms with E-state index in [2.05, 4.69) is 4.98 Å². The van der Waals surface area contributed by atoms with Crippen molar-refractivity contribution in [3.63, 3.8) is 0 Å². The molecule has 3 aromatic rings. The van der Waals surface area contributed by atoms with Crippen LogP contribution in [0.2, 0.25) is 0 Å². The summed E-state index contributed by atoms with van der Waals surface area (Å²) in [5, 5.41) is -0.107. The van der Waals surface area contributed by atoms with Gasteiger partial charge in [-0.2, -0.15) is 4.98 Å². The van der Waals surface area contributed by atoms with Crippen LogP contribution in [0.3, 0.4) is 0 Å². The van der Waals surface area contributed by atoms with E-state index in [4.69, 9.17) is 9.15 Å². The number of aromatic nitrogens is 1. The van der Waals surface area contributed by atoms with Crippen LogP contribution < -0.4 is 9.64 Å². The number of benzene rings is 2. The number of anilines is 1. The van der Waals surface area contributed by atoms with E-state index in [0.717, 1.165) is 5.56 Å². The predicted octanol–water partition coefficient (Wildman–Crippen LogP) is 3.56. The SMILES string of the molecule is COc1cccc(-c2nc(S(=O)(=O)c3ccc(C)cc3)c(N(C)C)o2)c1. The van der Waals surface area contributed by atoms with Crippen molar-refractivity contribution in [2.45, 2.75) is 16.8 Å². The van der Waals surface area contributed by atoms with Crippen molar-refractivity contribution in [3.05, 3.63) is 54.1 Å². The molecular formula is C19H20N2O4S. The first kappa shape index (κ1) is 18.0. The van der Waals surface area contributed by atoms with E-state index in [9.17, 15) is 8.42 Å². The Balaban J connectivity index is 2.15. The highest BCUT2D eigenvalue weighted by Crippen LogP contribution is 2.34. The van der Waals surface area contributed by atoms with Gasteiger partial charge in [-0.05, 0) is 37.3 Å². The molecule has 0 unspecified atom stereocenters. The topological polar surface area (TPSA) is 72.6 Å². The minimum Gasteiger partial charge on any atom is -0.497 e.